The Labute approximate surface area is 237 Å². The maximum absolute atomic E-state index is 12.8. The lowest BCUT2D eigenvalue weighted by molar-refractivity contribution is -0.384. The minimum Gasteiger partial charge on any atom is -0.494 e. The molecule has 4 aliphatic carbocycles. The lowest BCUT2D eigenvalue weighted by Gasteiger charge is -2.57. The number of halogens is 1. The lowest BCUT2D eigenvalue weighted by Crippen LogP contribution is -2.48. The van der Waals surface area contributed by atoms with Crippen LogP contribution >= 0.6 is 15.9 Å². The summed E-state index contributed by atoms with van der Waals surface area (Å²) in [7, 11) is 1.35. The molecule has 4 aliphatic rings. The van der Waals surface area contributed by atoms with Crippen LogP contribution in [0.15, 0.2) is 55.6 Å². The van der Waals surface area contributed by atoms with Gasteiger partial charge in [-0.1, -0.05) is 6.07 Å². The van der Waals surface area contributed by atoms with Gasteiger partial charge in [0, 0.05) is 10.5 Å². The lowest BCUT2D eigenvalue weighted by atomic mass is 9.48. The fourth-order valence-electron chi connectivity index (χ4n) is 7.41. The number of nitro benzene ring substituents is 1. The number of aromatic amines is 1. The number of hydrogen-bond donors (Lipinski definition) is 3. The van der Waals surface area contributed by atoms with Crippen molar-refractivity contribution in [3.8, 4) is 17.3 Å². The van der Waals surface area contributed by atoms with Crippen molar-refractivity contribution in [3.05, 3.63) is 83.0 Å². The van der Waals surface area contributed by atoms with Crippen molar-refractivity contribution in [2.45, 2.75) is 43.9 Å². The van der Waals surface area contributed by atoms with Gasteiger partial charge in [0.1, 0.15) is 5.56 Å². The van der Waals surface area contributed by atoms with Crippen LogP contribution in [0.4, 0.5) is 11.4 Å². The van der Waals surface area contributed by atoms with Crippen molar-refractivity contribution in [1.29, 1.82) is 0 Å². The van der Waals surface area contributed by atoms with Crippen LogP contribution in [0.1, 0.15) is 49.7 Å². The second-order valence-electron chi connectivity index (χ2n) is 11.2. The van der Waals surface area contributed by atoms with Crippen molar-refractivity contribution in [2.75, 3.05) is 12.5 Å². The molecule has 4 saturated carbocycles. The van der Waals surface area contributed by atoms with Gasteiger partial charge in [-0.05, 0) is 101 Å². The zero-order chi connectivity index (χ0) is 28.2. The van der Waals surface area contributed by atoms with Gasteiger partial charge in [0.25, 0.3) is 11.2 Å². The van der Waals surface area contributed by atoms with E-state index in [1.54, 1.807) is 6.07 Å². The number of anilines is 1. The normalized spacial score (nSPS) is 24.9. The summed E-state index contributed by atoms with van der Waals surface area (Å²) in [6.45, 7) is 0. The number of hydrazone groups is 1. The topological polar surface area (TPSA) is 152 Å². The van der Waals surface area contributed by atoms with Crippen LogP contribution in [0.5, 0.6) is 11.6 Å². The average molecular weight is 610 g/mol. The molecular formula is C28H28BrN5O6. The first-order chi connectivity index (χ1) is 19.2. The first-order valence-electron chi connectivity index (χ1n) is 13.2. The summed E-state index contributed by atoms with van der Waals surface area (Å²) >= 11 is 3.62. The van der Waals surface area contributed by atoms with E-state index in [-0.39, 0.29) is 22.4 Å². The maximum Gasteiger partial charge on any atom is 0.335 e. The predicted molar refractivity (Wildman–Crippen MR) is 153 cm³/mol. The van der Waals surface area contributed by atoms with Crippen molar-refractivity contribution in [2.24, 2.45) is 22.9 Å². The van der Waals surface area contributed by atoms with Crippen LogP contribution in [-0.4, -0.2) is 32.9 Å². The minimum atomic E-state index is -0.818. The molecule has 3 aromatic rings. The second-order valence-corrected chi connectivity index (χ2v) is 12.1. The fourth-order valence-corrected chi connectivity index (χ4v) is 7.97. The number of benzene rings is 2. The van der Waals surface area contributed by atoms with E-state index in [4.69, 9.17) is 4.74 Å². The molecule has 0 unspecified atom stereocenters. The van der Waals surface area contributed by atoms with E-state index in [0.717, 1.165) is 28.5 Å². The number of ether oxygens (including phenoxy) is 1. The van der Waals surface area contributed by atoms with Crippen LogP contribution in [0.2, 0.25) is 0 Å². The monoisotopic (exact) mass is 609 g/mol. The Hall–Kier alpha value is -3.93. The minimum absolute atomic E-state index is 0.160. The molecule has 12 heteroatoms. The van der Waals surface area contributed by atoms with Crippen molar-refractivity contribution in [3.63, 3.8) is 0 Å². The molecule has 0 amide bonds. The number of nitro groups is 1. The van der Waals surface area contributed by atoms with Gasteiger partial charge in [-0.25, -0.2) is 9.36 Å². The van der Waals surface area contributed by atoms with E-state index in [0.29, 0.717) is 15.8 Å². The maximum atomic E-state index is 12.8. The van der Waals surface area contributed by atoms with Gasteiger partial charge in [0.05, 0.1) is 35.7 Å². The van der Waals surface area contributed by atoms with E-state index in [1.807, 2.05) is 6.07 Å². The average Bonchev–Trinajstić information content (AvgIpc) is 2.90. The molecular weight excluding hydrogens is 582 g/mol. The number of rotatable bonds is 7. The summed E-state index contributed by atoms with van der Waals surface area (Å²) in [4.78, 5) is 38.1. The molecule has 4 bridgehead atoms. The highest BCUT2D eigenvalue weighted by molar-refractivity contribution is 9.10. The Kier molecular flexibility index (Phi) is 6.52. The first kappa shape index (κ1) is 26.3. The Bertz CT molecular complexity index is 1630. The van der Waals surface area contributed by atoms with Gasteiger partial charge in [-0.2, -0.15) is 5.10 Å². The van der Waals surface area contributed by atoms with Crippen LogP contribution in [-0.2, 0) is 5.41 Å². The summed E-state index contributed by atoms with van der Waals surface area (Å²) < 4.78 is 6.84. The molecule has 11 nitrogen and oxygen atoms in total. The third-order valence-corrected chi connectivity index (χ3v) is 9.37. The quantitative estimate of drug-likeness (QED) is 0.197. The predicted octanol–water partition coefficient (Wildman–Crippen LogP) is 4.82. The Balaban J connectivity index is 1.30. The summed E-state index contributed by atoms with van der Waals surface area (Å²) in [6.07, 6.45) is 8.69. The zero-order valence-corrected chi connectivity index (χ0v) is 23.3. The third kappa shape index (κ3) is 4.49. The number of H-pyrrole nitrogens is 1. The molecule has 4 fully saturated rings. The molecule has 0 atom stereocenters. The van der Waals surface area contributed by atoms with Crippen molar-refractivity contribution < 1.29 is 14.8 Å². The summed E-state index contributed by atoms with van der Waals surface area (Å²) in [5.41, 5.74) is 2.76. The van der Waals surface area contributed by atoms with E-state index in [9.17, 15) is 24.8 Å². The number of aromatic hydroxyl groups is 1. The highest BCUT2D eigenvalue weighted by Gasteiger charge is 2.51. The molecule has 0 spiro atoms. The molecule has 0 aliphatic heterocycles. The number of non-ortho nitro benzene ring substituents is 1. The Morgan fingerprint density at radius 1 is 1.15 bits per heavy atom. The molecule has 0 radical (unpaired) electrons. The van der Waals surface area contributed by atoms with Crippen LogP contribution in [0.3, 0.4) is 0 Å². The van der Waals surface area contributed by atoms with Crippen LogP contribution in [0, 0.1) is 27.9 Å². The van der Waals surface area contributed by atoms with E-state index in [2.05, 4.69) is 37.5 Å². The second kappa shape index (κ2) is 9.92. The number of nitrogens with one attached hydrogen (secondary N) is 2. The SMILES string of the molecule is COc1cc([N+](=O)[O-])ccc1NN=Cc1c(O)n(-c2ccc(C34CC5CC(CC(C5)C3)C4)cc2Br)c(=O)[nH]c1=O. The molecule has 208 valence electrons. The van der Waals surface area contributed by atoms with E-state index < -0.39 is 22.1 Å². The number of nitrogens with zero attached hydrogens (tertiary/aromatic N) is 3. The number of methoxy groups -OCH3 is 1. The first-order valence-corrected chi connectivity index (χ1v) is 14.0. The molecule has 1 aromatic heterocycles. The number of hydrogen-bond acceptors (Lipinski definition) is 8. The Morgan fingerprint density at radius 2 is 1.82 bits per heavy atom. The highest BCUT2D eigenvalue weighted by Crippen LogP contribution is 2.61. The van der Waals surface area contributed by atoms with Gasteiger partial charge >= 0.3 is 5.69 Å². The van der Waals surface area contributed by atoms with E-state index >= 15 is 0 Å². The van der Waals surface area contributed by atoms with Gasteiger partial charge in [-0.3, -0.25) is 25.3 Å². The van der Waals surface area contributed by atoms with Gasteiger partial charge in [-0.15, -0.1) is 0 Å². The van der Waals surface area contributed by atoms with Gasteiger partial charge in [0.2, 0.25) is 5.88 Å². The summed E-state index contributed by atoms with van der Waals surface area (Å²) in [5.74, 6) is 1.96. The largest absolute Gasteiger partial charge is 0.494 e. The van der Waals surface area contributed by atoms with Crippen molar-refractivity contribution >= 4 is 33.5 Å². The smallest absolute Gasteiger partial charge is 0.335 e. The fraction of sp³-hybridized carbons (Fsp3) is 0.393. The standard InChI is InChI=1S/C28H28BrN5O6/c1-40-24-10-19(34(38)39)3-4-22(24)32-30-14-20-25(35)31-27(37)33(26(20)36)23-5-2-18(9-21(23)29)28-11-15-6-16(12-28)8-17(7-15)13-28/h2-5,9-10,14-17,32,36H,6-8,11-13H2,1H3,(H,31,35,37). The number of aromatic nitrogens is 2. The molecule has 7 rings (SSSR count). The van der Waals surface area contributed by atoms with Gasteiger partial charge < -0.3 is 9.84 Å². The third-order valence-electron chi connectivity index (χ3n) is 8.73. The van der Waals surface area contributed by atoms with E-state index in [1.165, 1.54) is 69.4 Å². The molecule has 2 aromatic carbocycles. The Morgan fingerprint density at radius 3 is 2.42 bits per heavy atom. The zero-order valence-electron chi connectivity index (χ0n) is 21.7. The molecule has 3 N–H and O–H groups in total. The molecule has 40 heavy (non-hydrogen) atoms. The molecule has 0 saturated heterocycles. The summed E-state index contributed by atoms with van der Waals surface area (Å²) in [5, 5.41) is 26.0. The van der Waals surface area contributed by atoms with Crippen molar-refractivity contribution in [1.82, 2.24) is 9.55 Å². The van der Waals surface area contributed by atoms with Crippen LogP contribution < -0.4 is 21.4 Å². The van der Waals surface area contributed by atoms with Gasteiger partial charge in [0.15, 0.2) is 5.75 Å². The molecule has 1 heterocycles. The summed E-state index contributed by atoms with van der Waals surface area (Å²) in [6, 6.07) is 9.80. The van der Waals surface area contributed by atoms with Crippen LogP contribution in [0.25, 0.3) is 5.69 Å². The highest BCUT2D eigenvalue weighted by atomic mass is 79.9.